The van der Waals surface area contributed by atoms with Gasteiger partial charge >= 0.3 is 0 Å². The van der Waals surface area contributed by atoms with Crippen molar-refractivity contribution >= 4 is 45.0 Å². The summed E-state index contributed by atoms with van der Waals surface area (Å²) in [6, 6.07) is 6.69. The lowest BCUT2D eigenvalue weighted by Crippen LogP contribution is -2.33. The zero-order chi connectivity index (χ0) is 12.8. The van der Waals surface area contributed by atoms with Crippen LogP contribution in [0.15, 0.2) is 18.2 Å². The molecule has 0 heterocycles. The van der Waals surface area contributed by atoms with Crippen molar-refractivity contribution in [1.82, 2.24) is 0 Å². The molecule has 1 nitrogen and oxygen atoms in total. The van der Waals surface area contributed by atoms with Gasteiger partial charge in [0.2, 0.25) is 0 Å². The highest BCUT2D eigenvalue weighted by Gasteiger charge is 2.15. The third-order valence-corrected chi connectivity index (χ3v) is 4.50. The van der Waals surface area contributed by atoms with Crippen LogP contribution in [0.5, 0.6) is 0 Å². The van der Waals surface area contributed by atoms with Gasteiger partial charge in [0.1, 0.15) is 0 Å². The van der Waals surface area contributed by atoms with Crippen molar-refractivity contribution in [3.8, 4) is 0 Å². The van der Waals surface area contributed by atoms with Gasteiger partial charge in [0.05, 0.1) is 0 Å². The molecule has 0 N–H and O–H groups in total. The number of thioether (sulfide) groups is 1. The molecule has 0 aliphatic carbocycles. The highest BCUT2D eigenvalue weighted by atomic mass is 79.9. The van der Waals surface area contributed by atoms with Crippen LogP contribution in [-0.2, 0) is 5.33 Å². The Labute approximate surface area is 122 Å². The summed E-state index contributed by atoms with van der Waals surface area (Å²) < 4.78 is 0. The number of anilines is 1. The van der Waals surface area contributed by atoms with Crippen molar-refractivity contribution in [2.75, 3.05) is 24.0 Å². The van der Waals surface area contributed by atoms with Crippen LogP contribution in [-0.4, -0.2) is 25.1 Å². The average Bonchev–Trinajstić information content (AvgIpc) is 2.34. The molecule has 0 radical (unpaired) electrons. The van der Waals surface area contributed by atoms with Crippen LogP contribution >= 0.6 is 39.3 Å². The van der Waals surface area contributed by atoms with Crippen molar-refractivity contribution in [3.05, 3.63) is 28.8 Å². The van der Waals surface area contributed by atoms with E-state index in [4.69, 9.17) is 11.6 Å². The summed E-state index contributed by atoms with van der Waals surface area (Å²) in [5, 5.41) is 1.64. The van der Waals surface area contributed by atoms with Crippen LogP contribution in [0.2, 0.25) is 5.02 Å². The SMILES string of the molecule is CCC(CSC)N(C)c1ccc(Cl)cc1CBr. The molecular formula is C13H19BrClNS. The minimum Gasteiger partial charge on any atom is -0.371 e. The predicted molar refractivity (Wildman–Crippen MR) is 84.9 cm³/mol. The molecule has 0 spiro atoms. The van der Waals surface area contributed by atoms with Gasteiger partial charge in [0.25, 0.3) is 0 Å². The maximum atomic E-state index is 6.03. The van der Waals surface area contributed by atoms with E-state index in [1.54, 1.807) is 0 Å². The summed E-state index contributed by atoms with van der Waals surface area (Å²) in [5.41, 5.74) is 2.52. The molecule has 1 rings (SSSR count). The maximum Gasteiger partial charge on any atom is 0.0410 e. The van der Waals surface area contributed by atoms with E-state index >= 15 is 0 Å². The second-order valence-corrected chi connectivity index (χ2v) is 5.94. The first-order chi connectivity index (χ1) is 8.13. The molecule has 0 fully saturated rings. The minimum absolute atomic E-state index is 0.573. The van der Waals surface area contributed by atoms with Gasteiger partial charge in [-0.05, 0) is 36.4 Å². The van der Waals surface area contributed by atoms with Crippen LogP contribution in [0, 0.1) is 0 Å². The number of hydrogen-bond acceptors (Lipinski definition) is 2. The lowest BCUT2D eigenvalue weighted by molar-refractivity contribution is 0.672. The molecular weight excluding hydrogens is 318 g/mol. The molecule has 0 aliphatic rings. The standard InChI is InChI=1S/C13H19BrClNS/c1-4-12(9-17-3)16(2)13-6-5-11(15)7-10(13)8-14/h5-7,12H,4,8-9H2,1-3H3. The van der Waals surface area contributed by atoms with Gasteiger partial charge in [-0.15, -0.1) is 0 Å². The molecule has 17 heavy (non-hydrogen) atoms. The fraction of sp³-hybridized carbons (Fsp3) is 0.538. The Balaban J connectivity index is 2.97. The molecule has 1 unspecified atom stereocenters. The summed E-state index contributed by atoms with van der Waals surface area (Å²) in [7, 11) is 2.17. The van der Waals surface area contributed by atoms with E-state index in [-0.39, 0.29) is 0 Å². The monoisotopic (exact) mass is 335 g/mol. The maximum absolute atomic E-state index is 6.03. The molecule has 0 bridgehead atoms. The largest absolute Gasteiger partial charge is 0.371 e. The Kier molecular flexibility index (Phi) is 6.75. The zero-order valence-electron chi connectivity index (χ0n) is 10.5. The third kappa shape index (κ3) is 4.08. The summed E-state index contributed by atoms with van der Waals surface area (Å²) >= 11 is 11.5. The molecule has 0 aliphatic heterocycles. The van der Waals surface area contributed by atoms with Gasteiger partial charge in [0.15, 0.2) is 0 Å². The Morgan fingerprint density at radius 1 is 1.47 bits per heavy atom. The summed E-state index contributed by atoms with van der Waals surface area (Å²) in [4.78, 5) is 2.36. The van der Waals surface area contributed by atoms with Crippen molar-refractivity contribution in [2.45, 2.75) is 24.7 Å². The van der Waals surface area contributed by atoms with Gasteiger partial charge in [-0.1, -0.05) is 34.5 Å². The van der Waals surface area contributed by atoms with Crippen LogP contribution in [0.1, 0.15) is 18.9 Å². The second kappa shape index (κ2) is 7.55. The number of hydrogen-bond donors (Lipinski definition) is 0. The molecule has 4 heteroatoms. The quantitative estimate of drug-likeness (QED) is 0.686. The van der Waals surface area contributed by atoms with Gasteiger partial charge < -0.3 is 4.90 Å². The van der Waals surface area contributed by atoms with E-state index in [0.29, 0.717) is 6.04 Å². The van der Waals surface area contributed by atoms with Crippen molar-refractivity contribution in [2.24, 2.45) is 0 Å². The van der Waals surface area contributed by atoms with Gasteiger partial charge in [-0.2, -0.15) is 11.8 Å². The molecule has 96 valence electrons. The predicted octanol–water partition coefficient (Wildman–Crippen LogP) is 4.81. The van der Waals surface area contributed by atoms with Crippen LogP contribution < -0.4 is 4.90 Å². The van der Waals surface area contributed by atoms with E-state index in [2.05, 4.69) is 47.1 Å². The average molecular weight is 337 g/mol. The first kappa shape index (κ1) is 15.2. The Hall–Kier alpha value is 0.140. The molecule has 1 atom stereocenters. The van der Waals surface area contributed by atoms with E-state index < -0.39 is 0 Å². The van der Waals surface area contributed by atoms with E-state index in [9.17, 15) is 0 Å². The fourth-order valence-electron chi connectivity index (χ4n) is 1.90. The third-order valence-electron chi connectivity index (χ3n) is 2.94. The van der Waals surface area contributed by atoms with Crippen LogP contribution in [0.25, 0.3) is 0 Å². The number of benzene rings is 1. The van der Waals surface area contributed by atoms with Gasteiger partial charge in [-0.3, -0.25) is 0 Å². The first-order valence-corrected chi connectivity index (χ1v) is 8.59. The number of halogens is 2. The molecule has 1 aromatic rings. The Morgan fingerprint density at radius 2 is 2.18 bits per heavy atom. The number of rotatable bonds is 6. The normalized spacial score (nSPS) is 12.5. The summed E-state index contributed by atoms with van der Waals surface area (Å²) in [6.07, 6.45) is 3.31. The van der Waals surface area contributed by atoms with Crippen molar-refractivity contribution in [3.63, 3.8) is 0 Å². The van der Waals surface area contributed by atoms with Crippen LogP contribution in [0.4, 0.5) is 5.69 Å². The number of nitrogens with zero attached hydrogens (tertiary/aromatic N) is 1. The fourth-order valence-corrected chi connectivity index (χ4v) is 3.39. The smallest absolute Gasteiger partial charge is 0.0410 e. The molecule has 0 amide bonds. The van der Waals surface area contributed by atoms with Gasteiger partial charge in [0, 0.05) is 34.9 Å². The molecule has 0 saturated carbocycles. The molecule has 0 aromatic heterocycles. The second-order valence-electron chi connectivity index (χ2n) is 4.03. The van der Waals surface area contributed by atoms with E-state index in [0.717, 1.165) is 22.5 Å². The summed E-state index contributed by atoms with van der Waals surface area (Å²) in [5.74, 6) is 1.15. The highest BCUT2D eigenvalue weighted by molar-refractivity contribution is 9.08. The zero-order valence-corrected chi connectivity index (χ0v) is 13.7. The molecule has 0 saturated heterocycles. The van der Waals surface area contributed by atoms with Crippen LogP contribution in [0.3, 0.4) is 0 Å². The van der Waals surface area contributed by atoms with E-state index in [1.807, 2.05) is 23.9 Å². The summed E-state index contributed by atoms with van der Waals surface area (Å²) in [6.45, 7) is 2.24. The molecule has 1 aromatic carbocycles. The van der Waals surface area contributed by atoms with Crippen molar-refractivity contribution in [1.29, 1.82) is 0 Å². The minimum atomic E-state index is 0.573. The first-order valence-electron chi connectivity index (χ1n) is 5.70. The Bertz CT molecular complexity index is 359. The lowest BCUT2D eigenvalue weighted by atomic mass is 10.1. The topological polar surface area (TPSA) is 3.24 Å². The number of alkyl halides is 1. The highest BCUT2D eigenvalue weighted by Crippen LogP contribution is 2.28. The Morgan fingerprint density at radius 3 is 2.71 bits per heavy atom. The van der Waals surface area contributed by atoms with Crippen molar-refractivity contribution < 1.29 is 0 Å². The lowest BCUT2D eigenvalue weighted by Gasteiger charge is -2.30. The van der Waals surface area contributed by atoms with E-state index in [1.165, 1.54) is 11.3 Å². The van der Waals surface area contributed by atoms with Gasteiger partial charge in [-0.25, -0.2) is 0 Å².